The molecule has 1 heterocycles. The van der Waals surface area contributed by atoms with E-state index in [4.69, 9.17) is 4.74 Å². The molecule has 5 heteroatoms. The second-order valence-corrected chi connectivity index (χ2v) is 4.01. The van der Waals surface area contributed by atoms with Crippen molar-refractivity contribution >= 4 is 0 Å². The van der Waals surface area contributed by atoms with Crippen LogP contribution in [0.2, 0.25) is 0 Å². The van der Waals surface area contributed by atoms with Gasteiger partial charge in [-0.3, -0.25) is 0 Å². The van der Waals surface area contributed by atoms with Gasteiger partial charge in [-0.05, 0) is 19.8 Å². The fraction of sp³-hybridized carbons (Fsp3) is 1.00. The van der Waals surface area contributed by atoms with Crippen molar-refractivity contribution < 1.29 is 17.9 Å². The van der Waals surface area contributed by atoms with Crippen molar-refractivity contribution in [2.75, 3.05) is 19.8 Å². The van der Waals surface area contributed by atoms with Crippen LogP contribution < -0.4 is 5.32 Å². The van der Waals surface area contributed by atoms with Crippen LogP contribution in [0.4, 0.5) is 13.2 Å². The number of alkyl halides is 3. The lowest BCUT2D eigenvalue weighted by Crippen LogP contribution is -2.49. The molecule has 1 atom stereocenters. The average Bonchev–Trinajstić information content (AvgIpc) is 2.02. The maximum atomic E-state index is 11.9. The third kappa shape index (κ3) is 4.28. The topological polar surface area (TPSA) is 21.3 Å². The van der Waals surface area contributed by atoms with Gasteiger partial charge < -0.3 is 10.1 Å². The highest BCUT2D eigenvalue weighted by Crippen LogP contribution is 2.21. The number of nitrogens with one attached hydrogen (secondary N) is 1. The first-order valence-corrected chi connectivity index (χ1v) is 4.81. The van der Waals surface area contributed by atoms with Gasteiger partial charge in [0.25, 0.3) is 0 Å². The molecule has 1 fully saturated rings. The lowest BCUT2D eigenvalue weighted by Gasteiger charge is -2.34. The average molecular weight is 211 g/mol. The van der Waals surface area contributed by atoms with Gasteiger partial charge in [-0.1, -0.05) is 0 Å². The molecule has 0 aliphatic carbocycles. The molecule has 0 bridgehead atoms. The van der Waals surface area contributed by atoms with Crippen LogP contribution in [-0.2, 0) is 4.74 Å². The fourth-order valence-electron chi connectivity index (χ4n) is 1.58. The van der Waals surface area contributed by atoms with Crippen LogP contribution in [-0.4, -0.2) is 31.5 Å². The molecule has 1 rings (SSSR count). The molecule has 1 aliphatic heterocycles. The highest BCUT2D eigenvalue weighted by Gasteiger charge is 2.30. The first-order valence-electron chi connectivity index (χ1n) is 4.81. The van der Waals surface area contributed by atoms with Crippen LogP contribution in [0.1, 0.15) is 26.2 Å². The smallest absolute Gasteiger partial charge is 0.380 e. The Balaban J connectivity index is 2.22. The zero-order valence-corrected chi connectivity index (χ0v) is 8.28. The normalized spacial score (nSPS) is 29.1. The third-order valence-electron chi connectivity index (χ3n) is 2.40. The molecule has 14 heavy (non-hydrogen) atoms. The van der Waals surface area contributed by atoms with Gasteiger partial charge in [0.1, 0.15) is 0 Å². The molecule has 0 spiro atoms. The predicted octanol–water partition coefficient (Wildman–Crippen LogP) is 2.10. The Morgan fingerprint density at radius 1 is 1.43 bits per heavy atom. The number of ether oxygens (including phenoxy) is 1. The van der Waals surface area contributed by atoms with Crippen LogP contribution in [0.5, 0.6) is 0 Å². The van der Waals surface area contributed by atoms with Gasteiger partial charge in [-0.25, -0.2) is 0 Å². The first kappa shape index (κ1) is 11.8. The first-order chi connectivity index (χ1) is 6.41. The third-order valence-corrected chi connectivity index (χ3v) is 2.40. The van der Waals surface area contributed by atoms with Crippen LogP contribution in [0, 0.1) is 0 Å². The van der Waals surface area contributed by atoms with Gasteiger partial charge >= 0.3 is 6.18 Å². The van der Waals surface area contributed by atoms with E-state index >= 15 is 0 Å². The molecule has 0 aromatic carbocycles. The van der Waals surface area contributed by atoms with E-state index in [1.54, 1.807) is 0 Å². The molecule has 0 radical (unpaired) electrons. The highest BCUT2D eigenvalue weighted by atomic mass is 19.4. The van der Waals surface area contributed by atoms with Gasteiger partial charge in [0.15, 0.2) is 0 Å². The van der Waals surface area contributed by atoms with Crippen molar-refractivity contribution in [1.29, 1.82) is 0 Å². The van der Waals surface area contributed by atoms with E-state index in [0.717, 1.165) is 19.4 Å². The standard InChI is InChI=1S/C9H16F3NO/c1-8(3-2-6-14-7-8)13-5-4-9(10,11)12/h13H,2-7H2,1H3. The maximum absolute atomic E-state index is 11.9. The van der Waals surface area contributed by atoms with E-state index in [9.17, 15) is 13.2 Å². The minimum Gasteiger partial charge on any atom is -0.380 e. The van der Waals surface area contributed by atoms with Crippen molar-refractivity contribution in [2.45, 2.75) is 37.9 Å². The highest BCUT2D eigenvalue weighted by molar-refractivity contribution is 4.85. The Morgan fingerprint density at radius 2 is 2.14 bits per heavy atom. The summed E-state index contributed by atoms with van der Waals surface area (Å²) in [7, 11) is 0. The van der Waals surface area contributed by atoms with Crippen molar-refractivity contribution in [2.24, 2.45) is 0 Å². The summed E-state index contributed by atoms with van der Waals surface area (Å²) < 4.78 is 40.8. The number of hydrogen-bond donors (Lipinski definition) is 1. The maximum Gasteiger partial charge on any atom is 0.390 e. The largest absolute Gasteiger partial charge is 0.390 e. The Kier molecular flexibility index (Phi) is 3.78. The van der Waals surface area contributed by atoms with E-state index in [-0.39, 0.29) is 12.1 Å². The van der Waals surface area contributed by atoms with E-state index < -0.39 is 12.6 Å². The summed E-state index contributed by atoms with van der Waals surface area (Å²) in [6.45, 7) is 3.10. The molecule has 2 nitrogen and oxygen atoms in total. The summed E-state index contributed by atoms with van der Waals surface area (Å²) in [5, 5.41) is 2.91. The van der Waals surface area contributed by atoms with Crippen molar-refractivity contribution in [3.8, 4) is 0 Å². The molecule has 0 aromatic rings. The SMILES string of the molecule is CC1(NCCC(F)(F)F)CCCOC1. The van der Waals surface area contributed by atoms with Gasteiger partial charge in [0.05, 0.1) is 13.0 Å². The molecule has 0 aromatic heterocycles. The Morgan fingerprint density at radius 3 is 2.64 bits per heavy atom. The monoisotopic (exact) mass is 211 g/mol. The molecule has 84 valence electrons. The van der Waals surface area contributed by atoms with Crippen LogP contribution in [0.25, 0.3) is 0 Å². The lowest BCUT2D eigenvalue weighted by molar-refractivity contribution is -0.134. The molecule has 1 N–H and O–H groups in total. The fourth-order valence-corrected chi connectivity index (χ4v) is 1.58. The van der Waals surface area contributed by atoms with E-state index in [2.05, 4.69) is 5.32 Å². The summed E-state index contributed by atoms with van der Waals surface area (Å²) >= 11 is 0. The van der Waals surface area contributed by atoms with Crippen LogP contribution in [0.15, 0.2) is 0 Å². The molecule has 0 amide bonds. The van der Waals surface area contributed by atoms with E-state index in [0.29, 0.717) is 6.61 Å². The van der Waals surface area contributed by atoms with Crippen molar-refractivity contribution in [3.63, 3.8) is 0 Å². The number of hydrogen-bond acceptors (Lipinski definition) is 2. The van der Waals surface area contributed by atoms with Gasteiger partial charge in [-0.15, -0.1) is 0 Å². The zero-order chi connectivity index (χ0) is 10.7. The summed E-state index contributed by atoms with van der Waals surface area (Å²) in [6, 6.07) is 0. The zero-order valence-electron chi connectivity index (χ0n) is 8.28. The molecule has 1 saturated heterocycles. The Hall–Kier alpha value is -0.290. The quantitative estimate of drug-likeness (QED) is 0.771. The Labute approximate surface area is 81.8 Å². The second kappa shape index (κ2) is 4.49. The minimum absolute atomic E-state index is 0.0244. The number of rotatable bonds is 3. The summed E-state index contributed by atoms with van der Waals surface area (Å²) in [4.78, 5) is 0. The predicted molar refractivity (Wildman–Crippen MR) is 47.1 cm³/mol. The van der Waals surface area contributed by atoms with Crippen LogP contribution in [0.3, 0.4) is 0 Å². The van der Waals surface area contributed by atoms with E-state index in [1.807, 2.05) is 6.92 Å². The number of halogens is 3. The van der Waals surface area contributed by atoms with Gasteiger partial charge in [0.2, 0.25) is 0 Å². The van der Waals surface area contributed by atoms with E-state index in [1.165, 1.54) is 0 Å². The van der Waals surface area contributed by atoms with Crippen molar-refractivity contribution in [1.82, 2.24) is 5.32 Å². The van der Waals surface area contributed by atoms with Gasteiger partial charge in [-0.2, -0.15) is 13.2 Å². The second-order valence-electron chi connectivity index (χ2n) is 4.01. The summed E-state index contributed by atoms with van der Waals surface area (Å²) in [5.74, 6) is 0. The molecular formula is C9H16F3NO. The molecule has 1 aliphatic rings. The molecule has 1 unspecified atom stereocenters. The molecular weight excluding hydrogens is 195 g/mol. The van der Waals surface area contributed by atoms with Crippen LogP contribution >= 0.6 is 0 Å². The molecule has 0 saturated carbocycles. The Bertz CT molecular complexity index is 175. The van der Waals surface area contributed by atoms with Crippen molar-refractivity contribution in [3.05, 3.63) is 0 Å². The minimum atomic E-state index is -4.07. The lowest BCUT2D eigenvalue weighted by atomic mass is 9.95. The summed E-state index contributed by atoms with van der Waals surface area (Å²) in [5.41, 5.74) is -0.274. The van der Waals surface area contributed by atoms with Gasteiger partial charge in [0, 0.05) is 18.7 Å². The summed E-state index contributed by atoms with van der Waals surface area (Å²) in [6.07, 6.45) is -3.05.